The van der Waals surface area contributed by atoms with E-state index in [-0.39, 0.29) is 0 Å². The highest BCUT2D eigenvalue weighted by Crippen LogP contribution is 2.12. The maximum Gasteiger partial charge on any atom is 0.0568 e. The van der Waals surface area contributed by atoms with E-state index in [4.69, 9.17) is 4.74 Å². The third kappa shape index (κ3) is 8.55. The van der Waals surface area contributed by atoms with Crippen LogP contribution in [0.4, 0.5) is 0 Å². The molecule has 0 aliphatic heterocycles. The summed E-state index contributed by atoms with van der Waals surface area (Å²) in [5.74, 6) is 0. The van der Waals surface area contributed by atoms with Crippen molar-refractivity contribution in [2.75, 3.05) is 7.11 Å². The van der Waals surface area contributed by atoms with E-state index >= 15 is 0 Å². The second kappa shape index (κ2) is 11.0. The quantitative estimate of drug-likeness (QED) is 0.470. The number of ether oxygens (including phenoxy) is 1. The minimum absolute atomic E-state index is 0.505. The molecule has 1 unspecified atom stereocenters. The molecular formula is C13H28O. The summed E-state index contributed by atoms with van der Waals surface area (Å²) in [6.07, 6.45) is 12.7. The highest BCUT2D eigenvalue weighted by molar-refractivity contribution is 4.55. The van der Waals surface area contributed by atoms with Crippen LogP contribution >= 0.6 is 0 Å². The summed E-state index contributed by atoms with van der Waals surface area (Å²) in [6.45, 7) is 4.47. The van der Waals surface area contributed by atoms with Gasteiger partial charge in [-0.25, -0.2) is 0 Å². The summed E-state index contributed by atoms with van der Waals surface area (Å²) in [4.78, 5) is 0. The maximum absolute atomic E-state index is 5.34. The third-order valence-electron chi connectivity index (χ3n) is 2.92. The van der Waals surface area contributed by atoms with Crippen molar-refractivity contribution >= 4 is 0 Å². The lowest BCUT2D eigenvalue weighted by Crippen LogP contribution is -2.08. The Morgan fingerprint density at radius 1 is 0.857 bits per heavy atom. The number of hydrogen-bond donors (Lipinski definition) is 0. The van der Waals surface area contributed by atoms with Crippen molar-refractivity contribution in [1.29, 1.82) is 0 Å². The molecule has 0 rings (SSSR count). The summed E-state index contributed by atoms with van der Waals surface area (Å²) in [7, 11) is 1.83. The van der Waals surface area contributed by atoms with Crippen molar-refractivity contribution < 1.29 is 4.74 Å². The molecule has 0 saturated carbocycles. The number of hydrogen-bond acceptors (Lipinski definition) is 1. The molecule has 0 aromatic carbocycles. The van der Waals surface area contributed by atoms with Gasteiger partial charge >= 0.3 is 0 Å². The summed E-state index contributed by atoms with van der Waals surface area (Å²) in [5.41, 5.74) is 0. The van der Waals surface area contributed by atoms with E-state index in [1.807, 2.05) is 7.11 Å². The fraction of sp³-hybridized carbons (Fsp3) is 1.00. The molecule has 1 nitrogen and oxygen atoms in total. The van der Waals surface area contributed by atoms with E-state index in [2.05, 4.69) is 13.8 Å². The Bertz CT molecular complexity index is 97.4. The Kier molecular flexibility index (Phi) is 11.0. The smallest absolute Gasteiger partial charge is 0.0568 e. The van der Waals surface area contributed by atoms with Gasteiger partial charge in [0.05, 0.1) is 6.10 Å². The fourth-order valence-corrected chi connectivity index (χ4v) is 1.82. The second-order valence-corrected chi connectivity index (χ2v) is 4.18. The monoisotopic (exact) mass is 200 g/mol. The predicted molar refractivity (Wildman–Crippen MR) is 63.7 cm³/mol. The molecule has 0 amide bonds. The minimum Gasteiger partial charge on any atom is -0.381 e. The van der Waals surface area contributed by atoms with Gasteiger partial charge in [0.25, 0.3) is 0 Å². The van der Waals surface area contributed by atoms with Crippen LogP contribution in [-0.4, -0.2) is 13.2 Å². The molecule has 86 valence electrons. The summed E-state index contributed by atoms with van der Waals surface area (Å²) < 4.78 is 5.34. The highest BCUT2D eigenvalue weighted by Gasteiger charge is 2.02. The Morgan fingerprint density at radius 3 is 1.93 bits per heavy atom. The molecule has 0 radical (unpaired) electrons. The predicted octanol–water partition coefficient (Wildman–Crippen LogP) is 4.55. The van der Waals surface area contributed by atoms with Crippen molar-refractivity contribution in [2.24, 2.45) is 0 Å². The average molecular weight is 200 g/mol. The molecule has 0 aromatic rings. The van der Waals surface area contributed by atoms with Crippen LogP contribution in [-0.2, 0) is 4.74 Å². The Hall–Kier alpha value is -0.0400. The molecule has 0 heterocycles. The van der Waals surface area contributed by atoms with Gasteiger partial charge in [-0.3, -0.25) is 0 Å². The second-order valence-electron chi connectivity index (χ2n) is 4.18. The number of methoxy groups -OCH3 is 1. The molecule has 1 heteroatoms. The Morgan fingerprint density at radius 2 is 1.43 bits per heavy atom. The Balaban J connectivity index is 3.04. The van der Waals surface area contributed by atoms with Crippen LogP contribution in [0.5, 0.6) is 0 Å². The lowest BCUT2D eigenvalue weighted by atomic mass is 10.1. The zero-order valence-corrected chi connectivity index (χ0v) is 10.3. The third-order valence-corrected chi connectivity index (χ3v) is 2.92. The van der Waals surface area contributed by atoms with Crippen LogP contribution in [0.3, 0.4) is 0 Å². The van der Waals surface area contributed by atoms with E-state index in [1.165, 1.54) is 51.4 Å². The zero-order chi connectivity index (χ0) is 10.6. The van der Waals surface area contributed by atoms with Gasteiger partial charge in [0, 0.05) is 7.11 Å². The number of rotatable bonds is 10. The first kappa shape index (κ1) is 14.0. The minimum atomic E-state index is 0.505. The van der Waals surface area contributed by atoms with Crippen LogP contribution < -0.4 is 0 Å². The first-order valence-electron chi connectivity index (χ1n) is 6.37. The van der Waals surface area contributed by atoms with Crippen LogP contribution in [0.1, 0.15) is 71.6 Å². The van der Waals surface area contributed by atoms with Crippen molar-refractivity contribution in [2.45, 2.75) is 77.7 Å². The molecule has 0 aliphatic rings. The largest absolute Gasteiger partial charge is 0.381 e. The first-order valence-corrected chi connectivity index (χ1v) is 6.37. The summed E-state index contributed by atoms with van der Waals surface area (Å²) >= 11 is 0. The topological polar surface area (TPSA) is 9.23 Å². The average Bonchev–Trinajstić information content (AvgIpc) is 2.22. The lowest BCUT2D eigenvalue weighted by molar-refractivity contribution is 0.0897. The molecule has 0 saturated heterocycles. The van der Waals surface area contributed by atoms with Gasteiger partial charge in [-0.2, -0.15) is 0 Å². The molecule has 14 heavy (non-hydrogen) atoms. The Labute approximate surface area is 90.2 Å². The van der Waals surface area contributed by atoms with Gasteiger partial charge in [-0.1, -0.05) is 58.8 Å². The van der Waals surface area contributed by atoms with Gasteiger partial charge in [-0.05, 0) is 12.8 Å². The molecule has 1 atom stereocenters. The van der Waals surface area contributed by atoms with Gasteiger partial charge in [0.15, 0.2) is 0 Å². The molecular weight excluding hydrogens is 172 g/mol. The van der Waals surface area contributed by atoms with Gasteiger partial charge in [-0.15, -0.1) is 0 Å². The van der Waals surface area contributed by atoms with E-state index in [9.17, 15) is 0 Å². The molecule has 0 N–H and O–H groups in total. The van der Waals surface area contributed by atoms with Crippen LogP contribution in [0, 0.1) is 0 Å². The number of unbranched alkanes of at least 4 members (excludes halogenated alkanes) is 6. The van der Waals surface area contributed by atoms with Gasteiger partial charge in [0.1, 0.15) is 0 Å². The van der Waals surface area contributed by atoms with Crippen molar-refractivity contribution in [3.63, 3.8) is 0 Å². The summed E-state index contributed by atoms with van der Waals surface area (Å²) in [6, 6.07) is 0. The van der Waals surface area contributed by atoms with E-state index in [0.717, 1.165) is 6.42 Å². The molecule has 0 aromatic heterocycles. The maximum atomic E-state index is 5.34. The fourth-order valence-electron chi connectivity index (χ4n) is 1.82. The molecule has 0 spiro atoms. The van der Waals surface area contributed by atoms with E-state index < -0.39 is 0 Å². The molecule has 0 bridgehead atoms. The van der Waals surface area contributed by atoms with Crippen LogP contribution in [0.25, 0.3) is 0 Å². The van der Waals surface area contributed by atoms with Crippen LogP contribution in [0.15, 0.2) is 0 Å². The van der Waals surface area contributed by atoms with Crippen molar-refractivity contribution in [3.8, 4) is 0 Å². The molecule has 0 aliphatic carbocycles. The zero-order valence-electron chi connectivity index (χ0n) is 10.3. The van der Waals surface area contributed by atoms with Crippen LogP contribution in [0.2, 0.25) is 0 Å². The summed E-state index contributed by atoms with van der Waals surface area (Å²) in [5, 5.41) is 0. The van der Waals surface area contributed by atoms with E-state index in [0.29, 0.717) is 6.10 Å². The normalized spacial score (nSPS) is 13.1. The first-order chi connectivity index (χ1) is 6.85. The van der Waals surface area contributed by atoms with Gasteiger partial charge in [0.2, 0.25) is 0 Å². The standard InChI is InChI=1S/C13H28O/c1-4-6-7-8-9-10-11-12-13(5-2)14-3/h13H,4-12H2,1-3H3. The lowest BCUT2D eigenvalue weighted by Gasteiger charge is -2.11. The van der Waals surface area contributed by atoms with Gasteiger partial charge < -0.3 is 4.74 Å². The SMILES string of the molecule is CCCCCCCCCC(CC)OC. The highest BCUT2D eigenvalue weighted by atomic mass is 16.5. The molecule has 0 fully saturated rings. The van der Waals surface area contributed by atoms with E-state index in [1.54, 1.807) is 0 Å². The van der Waals surface area contributed by atoms with Crippen molar-refractivity contribution in [3.05, 3.63) is 0 Å². The van der Waals surface area contributed by atoms with Crippen molar-refractivity contribution in [1.82, 2.24) is 0 Å².